The van der Waals surface area contributed by atoms with Crippen molar-refractivity contribution in [3.8, 4) is 5.75 Å². The number of rotatable bonds is 3. The predicted octanol–water partition coefficient (Wildman–Crippen LogP) is 3.44. The van der Waals surface area contributed by atoms with E-state index in [1.165, 1.54) is 5.56 Å². The van der Waals surface area contributed by atoms with E-state index in [1.807, 2.05) is 42.5 Å². The standard InChI is InChI=1S/C17H19NO2/c1-12-16(13-6-4-3-5-7-13)20-17(18-12)14-8-10-15(19-2)11-9-14/h3-12,16-18H,1-2H3/t12-,16+,17+/m1/s1. The van der Waals surface area contributed by atoms with Crippen LogP contribution in [0.1, 0.15) is 30.4 Å². The van der Waals surface area contributed by atoms with Crippen LogP contribution in [0.5, 0.6) is 5.75 Å². The molecule has 1 saturated heterocycles. The molecule has 3 nitrogen and oxygen atoms in total. The van der Waals surface area contributed by atoms with E-state index in [0.29, 0.717) is 0 Å². The van der Waals surface area contributed by atoms with E-state index < -0.39 is 0 Å². The average molecular weight is 269 g/mol. The summed E-state index contributed by atoms with van der Waals surface area (Å²) in [7, 11) is 1.67. The summed E-state index contributed by atoms with van der Waals surface area (Å²) < 4.78 is 11.3. The molecular formula is C17H19NO2. The Morgan fingerprint density at radius 2 is 1.65 bits per heavy atom. The van der Waals surface area contributed by atoms with E-state index in [9.17, 15) is 0 Å². The Morgan fingerprint density at radius 1 is 0.950 bits per heavy atom. The van der Waals surface area contributed by atoms with E-state index >= 15 is 0 Å². The topological polar surface area (TPSA) is 30.5 Å². The third kappa shape index (κ3) is 2.55. The van der Waals surface area contributed by atoms with Gasteiger partial charge >= 0.3 is 0 Å². The zero-order valence-corrected chi connectivity index (χ0v) is 11.7. The van der Waals surface area contributed by atoms with Crippen molar-refractivity contribution in [1.29, 1.82) is 0 Å². The fraction of sp³-hybridized carbons (Fsp3) is 0.294. The zero-order chi connectivity index (χ0) is 13.9. The minimum Gasteiger partial charge on any atom is -0.497 e. The third-order valence-electron chi connectivity index (χ3n) is 3.70. The summed E-state index contributed by atoms with van der Waals surface area (Å²) in [5, 5.41) is 3.49. The number of benzene rings is 2. The van der Waals surface area contributed by atoms with Crippen molar-refractivity contribution in [3.05, 3.63) is 65.7 Å². The monoisotopic (exact) mass is 269 g/mol. The zero-order valence-electron chi connectivity index (χ0n) is 11.7. The Morgan fingerprint density at radius 3 is 2.30 bits per heavy atom. The molecule has 3 heteroatoms. The van der Waals surface area contributed by atoms with Crippen LogP contribution in [0, 0.1) is 0 Å². The van der Waals surface area contributed by atoms with Crippen molar-refractivity contribution < 1.29 is 9.47 Å². The molecular weight excluding hydrogens is 250 g/mol. The second-order valence-corrected chi connectivity index (χ2v) is 5.08. The Labute approximate surface area is 119 Å². The molecule has 0 radical (unpaired) electrons. The summed E-state index contributed by atoms with van der Waals surface area (Å²) >= 11 is 0. The first-order valence-corrected chi connectivity index (χ1v) is 6.88. The predicted molar refractivity (Wildman–Crippen MR) is 78.6 cm³/mol. The second-order valence-electron chi connectivity index (χ2n) is 5.08. The van der Waals surface area contributed by atoms with Crippen LogP contribution in [0.2, 0.25) is 0 Å². The highest BCUT2D eigenvalue weighted by molar-refractivity contribution is 5.29. The maximum atomic E-state index is 6.17. The summed E-state index contributed by atoms with van der Waals surface area (Å²) in [5.74, 6) is 0.861. The smallest absolute Gasteiger partial charge is 0.135 e. The lowest BCUT2D eigenvalue weighted by atomic mass is 10.0. The molecule has 3 atom stereocenters. The fourth-order valence-electron chi connectivity index (χ4n) is 2.59. The third-order valence-corrected chi connectivity index (χ3v) is 3.70. The van der Waals surface area contributed by atoms with E-state index in [2.05, 4.69) is 24.4 Å². The number of hydrogen-bond donors (Lipinski definition) is 1. The number of hydrogen-bond acceptors (Lipinski definition) is 3. The Balaban J connectivity index is 1.77. The lowest BCUT2D eigenvalue weighted by Crippen LogP contribution is -2.23. The van der Waals surface area contributed by atoms with Crippen molar-refractivity contribution in [1.82, 2.24) is 5.32 Å². The minimum atomic E-state index is -0.0684. The largest absolute Gasteiger partial charge is 0.497 e. The van der Waals surface area contributed by atoms with Gasteiger partial charge in [0.2, 0.25) is 0 Å². The van der Waals surface area contributed by atoms with Gasteiger partial charge in [-0.05, 0) is 30.2 Å². The molecule has 20 heavy (non-hydrogen) atoms. The average Bonchev–Trinajstić information content (AvgIpc) is 2.90. The number of nitrogens with one attached hydrogen (secondary N) is 1. The van der Waals surface area contributed by atoms with Gasteiger partial charge in [0.05, 0.1) is 7.11 Å². The first kappa shape index (κ1) is 13.2. The van der Waals surface area contributed by atoms with Crippen LogP contribution < -0.4 is 10.1 Å². The van der Waals surface area contributed by atoms with Crippen LogP contribution in [-0.4, -0.2) is 13.2 Å². The van der Waals surface area contributed by atoms with Crippen LogP contribution in [0.4, 0.5) is 0 Å². The van der Waals surface area contributed by atoms with Crippen molar-refractivity contribution >= 4 is 0 Å². The van der Waals surface area contributed by atoms with E-state index in [1.54, 1.807) is 7.11 Å². The van der Waals surface area contributed by atoms with Crippen molar-refractivity contribution in [3.63, 3.8) is 0 Å². The van der Waals surface area contributed by atoms with Gasteiger partial charge in [0.25, 0.3) is 0 Å². The fourth-order valence-corrected chi connectivity index (χ4v) is 2.59. The summed E-state index contributed by atoms with van der Waals surface area (Å²) in [5.41, 5.74) is 2.33. The van der Waals surface area contributed by atoms with Crippen LogP contribution >= 0.6 is 0 Å². The van der Waals surface area contributed by atoms with Crippen molar-refractivity contribution in [2.24, 2.45) is 0 Å². The quantitative estimate of drug-likeness (QED) is 0.926. The molecule has 0 aliphatic carbocycles. The maximum absolute atomic E-state index is 6.17. The van der Waals surface area contributed by atoms with Gasteiger partial charge in [-0.3, -0.25) is 5.32 Å². The van der Waals surface area contributed by atoms with E-state index in [-0.39, 0.29) is 18.4 Å². The van der Waals surface area contributed by atoms with Crippen LogP contribution in [0.25, 0.3) is 0 Å². The van der Waals surface area contributed by atoms with Crippen LogP contribution in [0.15, 0.2) is 54.6 Å². The summed E-state index contributed by atoms with van der Waals surface area (Å²) in [6.07, 6.45) is 0.0180. The van der Waals surface area contributed by atoms with Gasteiger partial charge in [0, 0.05) is 6.04 Å². The highest BCUT2D eigenvalue weighted by atomic mass is 16.5. The molecule has 1 N–H and O–H groups in total. The second kappa shape index (κ2) is 5.65. The maximum Gasteiger partial charge on any atom is 0.135 e. The normalized spacial score (nSPS) is 25.6. The van der Waals surface area contributed by atoms with Gasteiger partial charge in [-0.2, -0.15) is 0 Å². The minimum absolute atomic E-state index is 0.0684. The summed E-state index contributed by atoms with van der Waals surface area (Å²) in [6.45, 7) is 2.15. The van der Waals surface area contributed by atoms with Gasteiger partial charge in [0.15, 0.2) is 0 Å². The molecule has 0 bridgehead atoms. The highest BCUT2D eigenvalue weighted by Gasteiger charge is 2.33. The van der Waals surface area contributed by atoms with Gasteiger partial charge in [-0.1, -0.05) is 42.5 Å². The molecule has 0 unspecified atom stereocenters. The Hall–Kier alpha value is -1.84. The molecule has 0 aromatic heterocycles. The Kier molecular flexibility index (Phi) is 3.72. The van der Waals surface area contributed by atoms with Gasteiger partial charge in [-0.15, -0.1) is 0 Å². The SMILES string of the molecule is COc1ccc([C@H]2N[C@H](C)[C@@H](c3ccccc3)O2)cc1. The summed E-state index contributed by atoms with van der Waals surface area (Å²) in [6, 6.07) is 18.6. The molecule has 2 aromatic rings. The number of methoxy groups -OCH3 is 1. The van der Waals surface area contributed by atoms with Gasteiger partial charge in [0.1, 0.15) is 18.1 Å². The molecule has 1 aliphatic rings. The molecule has 104 valence electrons. The molecule has 0 saturated carbocycles. The molecule has 2 aromatic carbocycles. The van der Waals surface area contributed by atoms with Crippen molar-refractivity contribution in [2.45, 2.75) is 25.3 Å². The summed E-state index contributed by atoms with van der Waals surface area (Å²) in [4.78, 5) is 0. The van der Waals surface area contributed by atoms with E-state index in [4.69, 9.17) is 9.47 Å². The first-order valence-electron chi connectivity index (χ1n) is 6.88. The first-order chi connectivity index (χ1) is 9.78. The molecule has 1 fully saturated rings. The Bertz CT molecular complexity index is 553. The van der Waals surface area contributed by atoms with Crippen molar-refractivity contribution in [2.75, 3.05) is 7.11 Å². The van der Waals surface area contributed by atoms with E-state index in [0.717, 1.165) is 11.3 Å². The number of ether oxygens (including phenoxy) is 2. The molecule has 3 rings (SSSR count). The van der Waals surface area contributed by atoms with Crippen LogP contribution in [0.3, 0.4) is 0 Å². The van der Waals surface area contributed by atoms with Crippen LogP contribution in [-0.2, 0) is 4.74 Å². The van der Waals surface area contributed by atoms with Gasteiger partial charge in [-0.25, -0.2) is 0 Å². The van der Waals surface area contributed by atoms with Gasteiger partial charge < -0.3 is 9.47 Å². The lowest BCUT2D eigenvalue weighted by molar-refractivity contribution is 0.0363. The highest BCUT2D eigenvalue weighted by Crippen LogP contribution is 2.35. The molecule has 0 spiro atoms. The molecule has 1 aliphatic heterocycles. The molecule has 1 heterocycles. The molecule has 0 amide bonds. The lowest BCUT2D eigenvalue weighted by Gasteiger charge is -2.14.